The minimum absolute atomic E-state index is 0.208. The van der Waals surface area contributed by atoms with Crippen molar-refractivity contribution in [1.82, 2.24) is 5.32 Å². The van der Waals surface area contributed by atoms with E-state index in [9.17, 15) is 0 Å². The van der Waals surface area contributed by atoms with E-state index in [0.717, 1.165) is 13.0 Å². The highest BCUT2D eigenvalue weighted by molar-refractivity contribution is 5.16. The van der Waals surface area contributed by atoms with Crippen LogP contribution in [0.25, 0.3) is 0 Å². The summed E-state index contributed by atoms with van der Waals surface area (Å²) in [5.74, 6) is 0. The molecule has 2 N–H and O–H groups in total. The fourth-order valence-corrected chi connectivity index (χ4v) is 1.14. The molecule has 1 aromatic rings. The van der Waals surface area contributed by atoms with E-state index in [0.29, 0.717) is 6.54 Å². The Morgan fingerprint density at radius 1 is 1.23 bits per heavy atom. The summed E-state index contributed by atoms with van der Waals surface area (Å²) in [6, 6.07) is 10.3. The molecule has 1 radical (unpaired) electrons. The summed E-state index contributed by atoms with van der Waals surface area (Å²) in [6.45, 7) is 1.74. The van der Waals surface area contributed by atoms with Gasteiger partial charge in [0.05, 0.1) is 6.61 Å². The average Bonchev–Trinajstić information content (AvgIpc) is 2.19. The number of rotatable bonds is 6. The molecule has 71 valence electrons. The first-order chi connectivity index (χ1) is 6.43. The number of hydrogen-bond acceptors (Lipinski definition) is 2. The maximum atomic E-state index is 8.51. The van der Waals surface area contributed by atoms with Crippen LogP contribution in [0.2, 0.25) is 0 Å². The largest absolute Gasteiger partial charge is 0.395 e. The summed E-state index contributed by atoms with van der Waals surface area (Å²) < 4.78 is 0. The second kappa shape index (κ2) is 6.63. The molecule has 0 saturated carbocycles. The molecule has 2 heteroatoms. The van der Waals surface area contributed by atoms with Gasteiger partial charge >= 0.3 is 0 Å². The molecule has 0 aliphatic carbocycles. The Balaban J connectivity index is 2.07. The van der Waals surface area contributed by atoms with Crippen molar-refractivity contribution in [3.05, 3.63) is 42.3 Å². The van der Waals surface area contributed by atoms with Gasteiger partial charge in [-0.25, -0.2) is 0 Å². The van der Waals surface area contributed by atoms with E-state index in [-0.39, 0.29) is 6.61 Å². The molecule has 0 spiro atoms. The van der Waals surface area contributed by atoms with Crippen LogP contribution in [-0.2, 0) is 6.42 Å². The van der Waals surface area contributed by atoms with Gasteiger partial charge in [-0.3, -0.25) is 0 Å². The first-order valence-corrected chi connectivity index (χ1v) is 4.60. The predicted molar refractivity (Wildman–Crippen MR) is 54.4 cm³/mol. The van der Waals surface area contributed by atoms with Gasteiger partial charge in [0.25, 0.3) is 0 Å². The normalized spacial score (nSPS) is 10.2. The molecule has 0 unspecified atom stereocenters. The van der Waals surface area contributed by atoms with Gasteiger partial charge in [0.1, 0.15) is 0 Å². The Labute approximate surface area is 79.6 Å². The van der Waals surface area contributed by atoms with Gasteiger partial charge in [-0.05, 0) is 24.9 Å². The highest BCUT2D eigenvalue weighted by Crippen LogP contribution is 2.00. The Morgan fingerprint density at radius 3 is 2.69 bits per heavy atom. The van der Waals surface area contributed by atoms with E-state index < -0.39 is 0 Å². The lowest BCUT2D eigenvalue weighted by Crippen LogP contribution is -2.20. The summed E-state index contributed by atoms with van der Waals surface area (Å²) in [7, 11) is 0. The van der Waals surface area contributed by atoms with Crippen LogP contribution in [0.3, 0.4) is 0 Å². The molecule has 0 aliphatic rings. The highest BCUT2D eigenvalue weighted by atomic mass is 16.3. The summed E-state index contributed by atoms with van der Waals surface area (Å²) in [5.41, 5.74) is 1.33. The highest BCUT2D eigenvalue weighted by Gasteiger charge is 1.91. The Bertz CT molecular complexity index is 211. The van der Waals surface area contributed by atoms with Gasteiger partial charge in [0, 0.05) is 6.54 Å². The minimum atomic E-state index is 0.208. The molecule has 0 amide bonds. The average molecular weight is 178 g/mol. The van der Waals surface area contributed by atoms with Crippen molar-refractivity contribution in [3.63, 3.8) is 0 Å². The molecule has 0 fully saturated rings. The summed E-state index contributed by atoms with van der Waals surface area (Å²) in [6.07, 6.45) is 3.16. The number of benzene rings is 1. The van der Waals surface area contributed by atoms with Crippen LogP contribution in [-0.4, -0.2) is 24.8 Å². The first-order valence-electron chi connectivity index (χ1n) is 4.60. The minimum Gasteiger partial charge on any atom is -0.395 e. The van der Waals surface area contributed by atoms with E-state index in [1.807, 2.05) is 18.2 Å². The molecule has 2 nitrogen and oxygen atoms in total. The monoisotopic (exact) mass is 178 g/mol. The summed E-state index contributed by atoms with van der Waals surface area (Å²) >= 11 is 0. The molecular weight excluding hydrogens is 162 g/mol. The molecule has 1 rings (SSSR count). The molecule has 0 heterocycles. The van der Waals surface area contributed by atoms with Crippen molar-refractivity contribution < 1.29 is 5.11 Å². The number of nitrogens with one attached hydrogen (secondary N) is 1. The zero-order valence-corrected chi connectivity index (χ0v) is 7.74. The van der Waals surface area contributed by atoms with Crippen molar-refractivity contribution in [2.75, 3.05) is 19.7 Å². The van der Waals surface area contributed by atoms with Crippen LogP contribution in [0.1, 0.15) is 5.56 Å². The fraction of sp³-hybridized carbons (Fsp3) is 0.364. The van der Waals surface area contributed by atoms with Gasteiger partial charge in [0.2, 0.25) is 0 Å². The van der Waals surface area contributed by atoms with E-state index in [2.05, 4.69) is 23.9 Å². The SMILES string of the molecule is OCCNC[CH]Cc1ccccc1. The van der Waals surface area contributed by atoms with Crippen molar-refractivity contribution in [3.8, 4) is 0 Å². The van der Waals surface area contributed by atoms with Crippen LogP contribution in [0.4, 0.5) is 0 Å². The van der Waals surface area contributed by atoms with E-state index >= 15 is 0 Å². The molecule has 0 bridgehead atoms. The Kier molecular flexibility index (Phi) is 5.22. The van der Waals surface area contributed by atoms with Crippen LogP contribution < -0.4 is 5.32 Å². The van der Waals surface area contributed by atoms with Crippen molar-refractivity contribution in [2.45, 2.75) is 6.42 Å². The van der Waals surface area contributed by atoms with Gasteiger partial charge in [-0.1, -0.05) is 30.3 Å². The van der Waals surface area contributed by atoms with Gasteiger partial charge in [-0.15, -0.1) is 0 Å². The molecule has 1 aromatic carbocycles. The van der Waals surface area contributed by atoms with Gasteiger partial charge in [-0.2, -0.15) is 0 Å². The molecular formula is C11H16NO. The van der Waals surface area contributed by atoms with E-state index in [4.69, 9.17) is 5.11 Å². The van der Waals surface area contributed by atoms with E-state index in [1.165, 1.54) is 5.56 Å². The molecule has 0 aromatic heterocycles. The second-order valence-electron chi connectivity index (χ2n) is 2.91. The van der Waals surface area contributed by atoms with E-state index in [1.54, 1.807) is 0 Å². The lowest BCUT2D eigenvalue weighted by molar-refractivity contribution is 0.294. The van der Waals surface area contributed by atoms with Crippen LogP contribution in [0, 0.1) is 6.42 Å². The summed E-state index contributed by atoms with van der Waals surface area (Å²) in [4.78, 5) is 0. The smallest absolute Gasteiger partial charge is 0.0555 e. The third kappa shape index (κ3) is 4.65. The maximum Gasteiger partial charge on any atom is 0.0555 e. The molecule has 13 heavy (non-hydrogen) atoms. The lowest BCUT2D eigenvalue weighted by atomic mass is 10.1. The number of hydrogen-bond donors (Lipinski definition) is 2. The van der Waals surface area contributed by atoms with Gasteiger partial charge in [0.15, 0.2) is 0 Å². The quantitative estimate of drug-likeness (QED) is 0.637. The number of aliphatic hydroxyl groups is 1. The lowest BCUT2D eigenvalue weighted by Gasteiger charge is -2.02. The first kappa shape index (κ1) is 10.2. The van der Waals surface area contributed by atoms with Crippen molar-refractivity contribution in [1.29, 1.82) is 0 Å². The van der Waals surface area contributed by atoms with Gasteiger partial charge < -0.3 is 10.4 Å². The van der Waals surface area contributed by atoms with Crippen molar-refractivity contribution >= 4 is 0 Å². The molecule has 0 atom stereocenters. The maximum absolute atomic E-state index is 8.51. The molecule has 0 saturated heterocycles. The third-order valence-corrected chi connectivity index (χ3v) is 1.80. The molecule has 0 aliphatic heterocycles. The van der Waals surface area contributed by atoms with Crippen molar-refractivity contribution in [2.24, 2.45) is 0 Å². The zero-order chi connectivity index (χ0) is 9.36. The number of aliphatic hydroxyl groups excluding tert-OH is 1. The fourth-order valence-electron chi connectivity index (χ4n) is 1.14. The topological polar surface area (TPSA) is 32.3 Å². The standard InChI is InChI=1S/C11H16NO/c13-10-9-12-8-4-7-11-5-2-1-3-6-11/h1-6,12-13H,7-10H2. The predicted octanol–water partition coefficient (Wildman–Crippen LogP) is 1.02. The van der Waals surface area contributed by atoms with Crippen LogP contribution in [0.15, 0.2) is 30.3 Å². The van der Waals surface area contributed by atoms with Crippen LogP contribution in [0.5, 0.6) is 0 Å². The Hall–Kier alpha value is -0.860. The third-order valence-electron chi connectivity index (χ3n) is 1.80. The summed E-state index contributed by atoms with van der Waals surface area (Å²) in [5, 5.41) is 11.6. The zero-order valence-electron chi connectivity index (χ0n) is 7.74. The Morgan fingerprint density at radius 2 is 2.00 bits per heavy atom. The second-order valence-corrected chi connectivity index (χ2v) is 2.91. The van der Waals surface area contributed by atoms with Crippen LogP contribution >= 0.6 is 0 Å².